The van der Waals surface area contributed by atoms with Crippen LogP contribution in [0, 0.1) is 6.92 Å². The highest BCUT2D eigenvalue weighted by atomic mass is 16.3. The molecule has 1 aromatic carbocycles. The van der Waals surface area contributed by atoms with Crippen LogP contribution in [0.2, 0.25) is 0 Å². The molecule has 0 unspecified atom stereocenters. The summed E-state index contributed by atoms with van der Waals surface area (Å²) in [6.07, 6.45) is 2.80. The highest BCUT2D eigenvalue weighted by Crippen LogP contribution is 2.04. The minimum Gasteiger partial charge on any atom is -0.469 e. The normalized spacial score (nSPS) is 10.3. The number of hydrogen-bond donors (Lipinski definition) is 1. The largest absolute Gasteiger partial charge is 0.469 e. The standard InChI is InChI=1S/C15H17NO2/c1-12-4-2-5-13(10-12)11-15(17)16-8-7-14-6-3-9-18-14/h2-6,9-10H,7-8,11H2,1H3,(H,16,17). The van der Waals surface area contributed by atoms with Crippen LogP contribution in [0.25, 0.3) is 0 Å². The minimum absolute atomic E-state index is 0.0483. The molecule has 0 saturated carbocycles. The Morgan fingerprint density at radius 1 is 1.28 bits per heavy atom. The van der Waals surface area contributed by atoms with Crippen molar-refractivity contribution >= 4 is 5.91 Å². The van der Waals surface area contributed by atoms with Crippen molar-refractivity contribution in [2.45, 2.75) is 19.8 Å². The van der Waals surface area contributed by atoms with E-state index in [0.29, 0.717) is 13.0 Å². The monoisotopic (exact) mass is 243 g/mol. The van der Waals surface area contributed by atoms with Crippen LogP contribution < -0.4 is 5.32 Å². The van der Waals surface area contributed by atoms with E-state index >= 15 is 0 Å². The van der Waals surface area contributed by atoms with Gasteiger partial charge in [-0.15, -0.1) is 0 Å². The first kappa shape index (κ1) is 12.4. The molecular formula is C15H17NO2. The van der Waals surface area contributed by atoms with E-state index in [1.807, 2.05) is 43.3 Å². The van der Waals surface area contributed by atoms with Gasteiger partial charge in [0.15, 0.2) is 0 Å². The van der Waals surface area contributed by atoms with E-state index in [4.69, 9.17) is 4.42 Å². The second kappa shape index (κ2) is 6.05. The Balaban J connectivity index is 1.75. The first-order valence-corrected chi connectivity index (χ1v) is 6.08. The molecule has 1 amide bonds. The molecule has 0 atom stereocenters. The van der Waals surface area contributed by atoms with E-state index in [1.54, 1.807) is 6.26 Å². The zero-order valence-electron chi connectivity index (χ0n) is 10.5. The first-order valence-electron chi connectivity index (χ1n) is 6.08. The van der Waals surface area contributed by atoms with E-state index in [2.05, 4.69) is 5.32 Å². The molecule has 1 heterocycles. The van der Waals surface area contributed by atoms with Crippen molar-refractivity contribution in [1.29, 1.82) is 0 Å². The van der Waals surface area contributed by atoms with Crippen LogP contribution in [-0.4, -0.2) is 12.5 Å². The van der Waals surface area contributed by atoms with E-state index in [0.717, 1.165) is 17.7 Å². The molecule has 0 aliphatic heterocycles. The van der Waals surface area contributed by atoms with Crippen LogP contribution in [0.5, 0.6) is 0 Å². The average molecular weight is 243 g/mol. The van der Waals surface area contributed by atoms with Gasteiger partial charge in [0.25, 0.3) is 0 Å². The SMILES string of the molecule is Cc1cccc(CC(=O)NCCc2ccco2)c1. The number of nitrogens with one attached hydrogen (secondary N) is 1. The summed E-state index contributed by atoms with van der Waals surface area (Å²) in [6, 6.07) is 11.8. The van der Waals surface area contributed by atoms with Gasteiger partial charge in [-0.3, -0.25) is 4.79 Å². The number of amides is 1. The fourth-order valence-electron chi connectivity index (χ4n) is 1.85. The summed E-state index contributed by atoms with van der Waals surface area (Å²) < 4.78 is 5.20. The van der Waals surface area contributed by atoms with Crippen molar-refractivity contribution in [3.05, 3.63) is 59.5 Å². The zero-order valence-corrected chi connectivity index (χ0v) is 10.5. The smallest absolute Gasteiger partial charge is 0.224 e. The number of hydrogen-bond acceptors (Lipinski definition) is 2. The molecule has 0 radical (unpaired) electrons. The van der Waals surface area contributed by atoms with Gasteiger partial charge >= 0.3 is 0 Å². The first-order chi connectivity index (χ1) is 8.74. The summed E-state index contributed by atoms with van der Waals surface area (Å²) in [5.41, 5.74) is 2.22. The highest BCUT2D eigenvalue weighted by Gasteiger charge is 2.03. The predicted molar refractivity (Wildman–Crippen MR) is 70.3 cm³/mol. The second-order valence-corrected chi connectivity index (χ2v) is 4.35. The molecule has 1 aromatic heterocycles. The third kappa shape index (κ3) is 3.77. The van der Waals surface area contributed by atoms with Crippen molar-refractivity contribution < 1.29 is 9.21 Å². The van der Waals surface area contributed by atoms with Crippen LogP contribution in [0.3, 0.4) is 0 Å². The van der Waals surface area contributed by atoms with Crippen LogP contribution in [-0.2, 0) is 17.6 Å². The molecule has 0 fully saturated rings. The third-order valence-corrected chi connectivity index (χ3v) is 2.72. The van der Waals surface area contributed by atoms with Gasteiger partial charge in [0, 0.05) is 13.0 Å². The molecule has 0 saturated heterocycles. The Hall–Kier alpha value is -2.03. The summed E-state index contributed by atoms with van der Waals surface area (Å²) >= 11 is 0. The zero-order chi connectivity index (χ0) is 12.8. The fourth-order valence-corrected chi connectivity index (χ4v) is 1.85. The van der Waals surface area contributed by atoms with Gasteiger partial charge in [-0.1, -0.05) is 29.8 Å². The molecule has 0 bridgehead atoms. The van der Waals surface area contributed by atoms with Crippen molar-refractivity contribution in [2.75, 3.05) is 6.54 Å². The lowest BCUT2D eigenvalue weighted by Gasteiger charge is -2.05. The predicted octanol–water partition coefficient (Wildman–Crippen LogP) is 2.49. The van der Waals surface area contributed by atoms with Crippen molar-refractivity contribution in [1.82, 2.24) is 5.32 Å². The molecular weight excluding hydrogens is 226 g/mol. The number of carbonyl (C=O) groups excluding carboxylic acids is 1. The summed E-state index contributed by atoms with van der Waals surface area (Å²) in [5, 5.41) is 2.89. The fraction of sp³-hybridized carbons (Fsp3) is 0.267. The maximum absolute atomic E-state index is 11.7. The summed E-state index contributed by atoms with van der Waals surface area (Å²) in [6.45, 7) is 2.64. The summed E-state index contributed by atoms with van der Waals surface area (Å²) in [7, 11) is 0. The minimum atomic E-state index is 0.0483. The molecule has 3 nitrogen and oxygen atoms in total. The topological polar surface area (TPSA) is 42.2 Å². The third-order valence-electron chi connectivity index (χ3n) is 2.72. The van der Waals surface area contributed by atoms with E-state index in [-0.39, 0.29) is 5.91 Å². The van der Waals surface area contributed by atoms with Gasteiger partial charge < -0.3 is 9.73 Å². The van der Waals surface area contributed by atoms with Gasteiger partial charge in [0.2, 0.25) is 5.91 Å². The molecule has 2 aromatic rings. The maximum Gasteiger partial charge on any atom is 0.224 e. The van der Waals surface area contributed by atoms with Crippen LogP contribution in [0.15, 0.2) is 47.1 Å². The summed E-state index contributed by atoms with van der Waals surface area (Å²) in [5.74, 6) is 0.943. The second-order valence-electron chi connectivity index (χ2n) is 4.35. The van der Waals surface area contributed by atoms with Crippen molar-refractivity contribution in [3.63, 3.8) is 0 Å². The Morgan fingerprint density at radius 2 is 2.17 bits per heavy atom. The van der Waals surface area contributed by atoms with Crippen molar-refractivity contribution in [3.8, 4) is 0 Å². The molecule has 18 heavy (non-hydrogen) atoms. The molecule has 2 rings (SSSR count). The Bertz CT molecular complexity index is 503. The molecule has 3 heteroatoms. The number of aryl methyl sites for hydroxylation is 1. The Kier molecular flexibility index (Phi) is 4.18. The number of rotatable bonds is 5. The van der Waals surface area contributed by atoms with Gasteiger partial charge in [0.05, 0.1) is 12.7 Å². The van der Waals surface area contributed by atoms with E-state index in [1.165, 1.54) is 5.56 Å². The quantitative estimate of drug-likeness (QED) is 0.876. The molecule has 0 aliphatic carbocycles. The van der Waals surface area contributed by atoms with Crippen molar-refractivity contribution in [2.24, 2.45) is 0 Å². The Morgan fingerprint density at radius 3 is 2.89 bits per heavy atom. The lowest BCUT2D eigenvalue weighted by atomic mass is 10.1. The number of furan rings is 1. The van der Waals surface area contributed by atoms with Crippen LogP contribution >= 0.6 is 0 Å². The molecule has 1 N–H and O–H groups in total. The van der Waals surface area contributed by atoms with Gasteiger partial charge in [-0.25, -0.2) is 0 Å². The van der Waals surface area contributed by atoms with Gasteiger partial charge in [-0.2, -0.15) is 0 Å². The van der Waals surface area contributed by atoms with Gasteiger partial charge in [0.1, 0.15) is 5.76 Å². The lowest BCUT2D eigenvalue weighted by molar-refractivity contribution is -0.120. The van der Waals surface area contributed by atoms with E-state index in [9.17, 15) is 4.79 Å². The maximum atomic E-state index is 11.7. The van der Waals surface area contributed by atoms with Gasteiger partial charge in [-0.05, 0) is 24.6 Å². The number of benzene rings is 1. The number of carbonyl (C=O) groups is 1. The average Bonchev–Trinajstić information content (AvgIpc) is 2.82. The lowest BCUT2D eigenvalue weighted by Crippen LogP contribution is -2.27. The van der Waals surface area contributed by atoms with E-state index < -0.39 is 0 Å². The Labute approximate surface area is 107 Å². The van der Waals surface area contributed by atoms with Crippen LogP contribution in [0.4, 0.5) is 0 Å². The highest BCUT2D eigenvalue weighted by molar-refractivity contribution is 5.78. The summed E-state index contributed by atoms with van der Waals surface area (Å²) in [4.78, 5) is 11.7. The molecule has 94 valence electrons. The molecule has 0 aliphatic rings. The van der Waals surface area contributed by atoms with Crippen LogP contribution in [0.1, 0.15) is 16.9 Å². The molecule has 0 spiro atoms.